The maximum Gasteiger partial charge on any atom is 0.258 e. The van der Waals surface area contributed by atoms with Crippen LogP contribution in [0.15, 0.2) is 59.8 Å². The number of fused-ring (bicyclic) bond motifs is 1. The molecule has 1 fully saturated rings. The number of carbonyl (C=O) groups is 2. The summed E-state index contributed by atoms with van der Waals surface area (Å²) in [6.45, 7) is 3.19. The van der Waals surface area contributed by atoms with E-state index in [1.54, 1.807) is 30.6 Å². The first-order chi connectivity index (χ1) is 21.1. The Bertz CT molecular complexity index is 1800. The average Bonchev–Trinajstić information content (AvgIpc) is 3.68. The van der Waals surface area contributed by atoms with Crippen molar-refractivity contribution in [1.82, 2.24) is 24.4 Å². The Hall–Kier alpha value is -4.60. The fourth-order valence-corrected chi connectivity index (χ4v) is 6.79. The van der Waals surface area contributed by atoms with Crippen LogP contribution in [0.3, 0.4) is 0 Å². The second-order valence-electron chi connectivity index (χ2n) is 10.8. The summed E-state index contributed by atoms with van der Waals surface area (Å²) in [5, 5.41) is 12.6. The minimum atomic E-state index is -4.24. The molecule has 0 saturated carbocycles. The zero-order chi connectivity index (χ0) is 31.0. The predicted molar refractivity (Wildman–Crippen MR) is 159 cm³/mol. The van der Waals surface area contributed by atoms with Crippen molar-refractivity contribution in [1.29, 1.82) is 0 Å². The van der Waals surface area contributed by atoms with Gasteiger partial charge in [0.25, 0.3) is 11.8 Å². The molecule has 0 unspecified atom stereocenters. The van der Waals surface area contributed by atoms with Gasteiger partial charge in [-0.05, 0) is 43.4 Å². The Morgan fingerprint density at radius 1 is 0.932 bits per heavy atom. The number of sulfonamides is 1. The molecule has 2 aliphatic heterocycles. The summed E-state index contributed by atoms with van der Waals surface area (Å²) in [7, 11) is -2.19. The number of amides is 2. The molecule has 0 bridgehead atoms. The molecule has 0 radical (unpaired) electrons. The third-order valence-electron chi connectivity index (χ3n) is 7.83. The number of aromatic amines is 2. The van der Waals surface area contributed by atoms with Gasteiger partial charge in [-0.25, -0.2) is 17.2 Å². The maximum atomic E-state index is 13.8. The van der Waals surface area contributed by atoms with Crippen molar-refractivity contribution in [3.63, 3.8) is 0 Å². The molecule has 4 heterocycles. The third kappa shape index (κ3) is 5.93. The highest BCUT2D eigenvalue weighted by Crippen LogP contribution is 2.31. The Labute approximate surface area is 252 Å². The quantitative estimate of drug-likeness (QED) is 0.247. The van der Waals surface area contributed by atoms with E-state index in [1.807, 2.05) is 6.07 Å². The summed E-state index contributed by atoms with van der Waals surface area (Å²) in [6, 6.07) is 8.96. The lowest BCUT2D eigenvalue weighted by molar-refractivity contribution is 0.102. The molecule has 230 valence electrons. The molecular formula is C29H30F2N8O4S. The SMILES string of the molecule is CN1CCN(c2ccc(C(=O)Nc3n[nH]c4c3CN(S(=O)(=O)c3cc(F)cc(F)c3)CC4)c(NC(=O)c3cc[nH]c3)c2)CC1. The number of likely N-dealkylation sites (N-methyl/N-ethyl adjacent to an activating group) is 1. The number of anilines is 3. The summed E-state index contributed by atoms with van der Waals surface area (Å²) in [5.41, 5.74) is 2.78. The van der Waals surface area contributed by atoms with E-state index in [9.17, 15) is 26.8 Å². The standard InChI is InChI=1S/C29H30F2N8O4S/c1-37-8-10-38(11-9-37)21-2-3-23(26(15-21)33-28(40)18-4-6-32-16-18)29(41)34-27-24-17-39(7-5-25(24)35-36-27)44(42,43)22-13-19(30)12-20(31)14-22/h2-4,6,12-16,32H,5,7-11,17H2,1H3,(H,33,40)(H2,34,35,36,41). The fraction of sp³-hybridized carbons (Fsp3) is 0.276. The average molecular weight is 625 g/mol. The summed E-state index contributed by atoms with van der Waals surface area (Å²) >= 11 is 0. The van der Waals surface area contributed by atoms with Gasteiger partial charge in [-0.2, -0.15) is 9.40 Å². The largest absolute Gasteiger partial charge is 0.369 e. The van der Waals surface area contributed by atoms with E-state index < -0.39 is 38.4 Å². The van der Waals surface area contributed by atoms with Gasteiger partial charge in [-0.1, -0.05) is 0 Å². The van der Waals surface area contributed by atoms with Crippen LogP contribution in [0.5, 0.6) is 0 Å². The van der Waals surface area contributed by atoms with E-state index in [2.05, 4.69) is 42.7 Å². The molecule has 4 N–H and O–H groups in total. The predicted octanol–water partition coefficient (Wildman–Crippen LogP) is 3.02. The van der Waals surface area contributed by atoms with Crippen LogP contribution >= 0.6 is 0 Å². The van der Waals surface area contributed by atoms with Crippen LogP contribution in [0.25, 0.3) is 0 Å². The Kier molecular flexibility index (Phi) is 7.92. The van der Waals surface area contributed by atoms with Gasteiger partial charge in [-0.3, -0.25) is 14.7 Å². The summed E-state index contributed by atoms with van der Waals surface area (Å²) < 4.78 is 55.2. The molecule has 2 amide bonds. The van der Waals surface area contributed by atoms with Crippen molar-refractivity contribution < 1.29 is 26.8 Å². The Morgan fingerprint density at radius 2 is 1.68 bits per heavy atom. The van der Waals surface area contributed by atoms with Crippen LogP contribution < -0.4 is 15.5 Å². The van der Waals surface area contributed by atoms with Gasteiger partial charge in [0.05, 0.1) is 21.7 Å². The number of nitrogens with zero attached hydrogens (tertiary/aromatic N) is 4. The molecule has 15 heteroatoms. The zero-order valence-electron chi connectivity index (χ0n) is 23.7. The van der Waals surface area contributed by atoms with Crippen molar-refractivity contribution in [2.75, 3.05) is 55.3 Å². The minimum Gasteiger partial charge on any atom is -0.369 e. The van der Waals surface area contributed by atoms with E-state index >= 15 is 0 Å². The van der Waals surface area contributed by atoms with E-state index in [1.165, 1.54) is 0 Å². The minimum absolute atomic E-state index is 0.0478. The van der Waals surface area contributed by atoms with E-state index in [-0.39, 0.29) is 30.9 Å². The van der Waals surface area contributed by atoms with Gasteiger partial charge < -0.3 is 25.4 Å². The van der Waals surface area contributed by atoms with Gasteiger partial charge in [0, 0.05) is 81.1 Å². The van der Waals surface area contributed by atoms with Crippen molar-refractivity contribution in [2.45, 2.75) is 17.9 Å². The number of hydrogen-bond acceptors (Lipinski definition) is 7. The van der Waals surface area contributed by atoms with Crippen LogP contribution in [0.2, 0.25) is 0 Å². The second kappa shape index (κ2) is 11.8. The van der Waals surface area contributed by atoms with Crippen molar-refractivity contribution in [3.05, 3.63) is 88.9 Å². The van der Waals surface area contributed by atoms with Gasteiger partial charge in [-0.15, -0.1) is 0 Å². The number of carbonyl (C=O) groups excluding carboxylic acids is 2. The first-order valence-electron chi connectivity index (χ1n) is 13.9. The van der Waals surface area contributed by atoms with Crippen LogP contribution in [-0.4, -0.2) is 84.4 Å². The Morgan fingerprint density at radius 3 is 2.39 bits per heavy atom. The van der Waals surface area contributed by atoms with Crippen LogP contribution in [0.4, 0.5) is 26.0 Å². The van der Waals surface area contributed by atoms with Gasteiger partial charge in [0.15, 0.2) is 5.82 Å². The number of piperazine rings is 1. The number of benzene rings is 2. The first-order valence-corrected chi connectivity index (χ1v) is 15.4. The maximum absolute atomic E-state index is 13.8. The molecule has 0 spiro atoms. The molecule has 12 nitrogen and oxygen atoms in total. The van der Waals surface area contributed by atoms with Crippen molar-refractivity contribution in [2.24, 2.45) is 0 Å². The highest BCUT2D eigenvalue weighted by molar-refractivity contribution is 7.89. The monoisotopic (exact) mass is 624 g/mol. The summed E-state index contributed by atoms with van der Waals surface area (Å²) in [6.07, 6.45) is 3.42. The molecule has 1 saturated heterocycles. The normalized spacial score (nSPS) is 16.0. The number of halogens is 2. The topological polar surface area (TPSA) is 147 Å². The van der Waals surface area contributed by atoms with Crippen LogP contribution in [0, 0.1) is 11.6 Å². The molecule has 2 aromatic heterocycles. The number of nitrogens with one attached hydrogen (secondary N) is 4. The zero-order valence-corrected chi connectivity index (χ0v) is 24.5. The lowest BCUT2D eigenvalue weighted by atomic mass is 10.1. The molecule has 2 aromatic carbocycles. The number of rotatable bonds is 7. The van der Waals surface area contributed by atoms with Crippen LogP contribution in [-0.2, 0) is 23.0 Å². The molecule has 0 aliphatic carbocycles. The molecule has 6 rings (SSSR count). The van der Waals surface area contributed by atoms with E-state index in [0.29, 0.717) is 28.6 Å². The molecule has 2 aliphatic rings. The molecule has 4 aromatic rings. The summed E-state index contributed by atoms with van der Waals surface area (Å²) in [4.78, 5) is 33.3. The molecule has 0 atom stereocenters. The van der Waals surface area contributed by atoms with Crippen LogP contribution in [0.1, 0.15) is 32.0 Å². The fourth-order valence-electron chi connectivity index (χ4n) is 5.33. The van der Waals surface area contributed by atoms with Crippen molar-refractivity contribution in [3.8, 4) is 0 Å². The smallest absolute Gasteiger partial charge is 0.258 e. The number of aromatic nitrogens is 3. The highest BCUT2D eigenvalue weighted by Gasteiger charge is 2.32. The lowest BCUT2D eigenvalue weighted by Crippen LogP contribution is -2.44. The van der Waals surface area contributed by atoms with E-state index in [0.717, 1.165) is 48.3 Å². The van der Waals surface area contributed by atoms with Crippen molar-refractivity contribution >= 4 is 39.0 Å². The molecular weight excluding hydrogens is 594 g/mol. The van der Waals surface area contributed by atoms with Gasteiger partial charge >= 0.3 is 0 Å². The number of hydrogen-bond donors (Lipinski definition) is 4. The number of H-pyrrole nitrogens is 2. The third-order valence-corrected chi connectivity index (χ3v) is 9.65. The highest BCUT2D eigenvalue weighted by atomic mass is 32.2. The van der Waals surface area contributed by atoms with Gasteiger partial charge in [0.2, 0.25) is 10.0 Å². The molecule has 44 heavy (non-hydrogen) atoms. The lowest BCUT2D eigenvalue weighted by Gasteiger charge is -2.34. The Balaban J connectivity index is 1.26. The summed E-state index contributed by atoms with van der Waals surface area (Å²) in [5.74, 6) is -2.86. The van der Waals surface area contributed by atoms with Gasteiger partial charge in [0.1, 0.15) is 11.6 Å². The van der Waals surface area contributed by atoms with E-state index in [4.69, 9.17) is 0 Å². The second-order valence-corrected chi connectivity index (χ2v) is 12.7. The first kappa shape index (κ1) is 29.5.